The Balaban J connectivity index is 2.62. The van der Waals surface area contributed by atoms with Crippen LogP contribution < -0.4 is 0 Å². The van der Waals surface area contributed by atoms with Gasteiger partial charge in [-0.15, -0.1) is 0 Å². The van der Waals surface area contributed by atoms with Gasteiger partial charge in [0.15, 0.2) is 5.78 Å². The average Bonchev–Trinajstić information content (AvgIpc) is 2.28. The summed E-state index contributed by atoms with van der Waals surface area (Å²) in [4.78, 5) is 22.0. The summed E-state index contributed by atoms with van der Waals surface area (Å²) in [5, 5.41) is 8.42. The van der Waals surface area contributed by atoms with Gasteiger partial charge in [0.25, 0.3) is 0 Å². The van der Waals surface area contributed by atoms with E-state index in [1.807, 2.05) is 0 Å². The standard InChI is InChI=1S/C12H12O4/c1-2-10(16-12(14)15)8-11(13)9-6-4-3-5-7-9/h2-7,10H,1,8H2,(H,14,15). The monoisotopic (exact) mass is 220 g/mol. The molecule has 0 aliphatic heterocycles. The minimum Gasteiger partial charge on any atom is -0.450 e. The van der Waals surface area contributed by atoms with Crippen LogP contribution in [-0.2, 0) is 4.74 Å². The first-order valence-corrected chi connectivity index (χ1v) is 4.74. The number of hydrogen-bond donors (Lipinski definition) is 1. The van der Waals surface area contributed by atoms with E-state index >= 15 is 0 Å². The molecular formula is C12H12O4. The number of rotatable bonds is 5. The topological polar surface area (TPSA) is 63.6 Å². The molecule has 1 aromatic carbocycles. The molecule has 1 N–H and O–H groups in total. The van der Waals surface area contributed by atoms with Crippen molar-refractivity contribution >= 4 is 11.9 Å². The average molecular weight is 220 g/mol. The molecule has 0 bridgehead atoms. The highest BCUT2D eigenvalue weighted by Gasteiger charge is 2.15. The molecule has 0 saturated carbocycles. The Morgan fingerprint density at radius 3 is 2.50 bits per heavy atom. The van der Waals surface area contributed by atoms with Gasteiger partial charge < -0.3 is 9.84 Å². The molecular weight excluding hydrogens is 208 g/mol. The van der Waals surface area contributed by atoms with Crippen molar-refractivity contribution < 1.29 is 19.4 Å². The Bertz CT molecular complexity index is 383. The molecule has 0 amide bonds. The molecule has 4 nitrogen and oxygen atoms in total. The smallest absolute Gasteiger partial charge is 0.450 e. The zero-order valence-corrected chi connectivity index (χ0v) is 8.63. The van der Waals surface area contributed by atoms with Crippen molar-refractivity contribution in [3.8, 4) is 0 Å². The third kappa shape index (κ3) is 3.57. The van der Waals surface area contributed by atoms with Crippen molar-refractivity contribution in [2.45, 2.75) is 12.5 Å². The third-order valence-electron chi connectivity index (χ3n) is 2.00. The van der Waals surface area contributed by atoms with Crippen LogP contribution in [0.2, 0.25) is 0 Å². The summed E-state index contributed by atoms with van der Waals surface area (Å²) in [6, 6.07) is 8.63. The second-order valence-electron chi connectivity index (χ2n) is 3.15. The lowest BCUT2D eigenvalue weighted by atomic mass is 10.1. The fraction of sp³-hybridized carbons (Fsp3) is 0.167. The number of carboxylic acid groups (broad SMARTS) is 1. The van der Waals surface area contributed by atoms with Gasteiger partial charge in [-0.3, -0.25) is 4.79 Å². The molecule has 0 aliphatic rings. The van der Waals surface area contributed by atoms with Crippen molar-refractivity contribution in [2.75, 3.05) is 0 Å². The van der Waals surface area contributed by atoms with Crippen LogP contribution in [0.25, 0.3) is 0 Å². The van der Waals surface area contributed by atoms with Crippen molar-refractivity contribution in [1.82, 2.24) is 0 Å². The molecule has 1 aromatic rings. The molecule has 0 saturated heterocycles. The van der Waals surface area contributed by atoms with Crippen LogP contribution >= 0.6 is 0 Å². The maximum absolute atomic E-state index is 11.7. The van der Waals surface area contributed by atoms with Gasteiger partial charge in [0, 0.05) is 5.56 Å². The molecule has 1 atom stereocenters. The SMILES string of the molecule is C=CC(CC(=O)c1ccccc1)OC(=O)O. The Hall–Kier alpha value is -2.10. The predicted molar refractivity (Wildman–Crippen MR) is 58.5 cm³/mol. The molecule has 1 unspecified atom stereocenters. The molecule has 1 rings (SSSR count). The van der Waals surface area contributed by atoms with E-state index in [-0.39, 0.29) is 12.2 Å². The highest BCUT2D eigenvalue weighted by atomic mass is 16.7. The van der Waals surface area contributed by atoms with Gasteiger partial charge in [-0.1, -0.05) is 43.0 Å². The Labute approximate surface area is 93.2 Å². The maximum atomic E-state index is 11.7. The van der Waals surface area contributed by atoms with Crippen LogP contribution in [0.5, 0.6) is 0 Å². The van der Waals surface area contributed by atoms with E-state index < -0.39 is 12.3 Å². The fourth-order valence-electron chi connectivity index (χ4n) is 1.23. The second-order valence-corrected chi connectivity index (χ2v) is 3.15. The molecule has 0 heterocycles. The number of benzene rings is 1. The summed E-state index contributed by atoms with van der Waals surface area (Å²) in [5.41, 5.74) is 0.531. The van der Waals surface area contributed by atoms with Gasteiger partial charge in [0.1, 0.15) is 6.10 Å². The van der Waals surface area contributed by atoms with Crippen LogP contribution in [0.3, 0.4) is 0 Å². The van der Waals surface area contributed by atoms with Crippen molar-refractivity contribution in [3.63, 3.8) is 0 Å². The maximum Gasteiger partial charge on any atom is 0.506 e. The Morgan fingerprint density at radius 2 is 2.00 bits per heavy atom. The van der Waals surface area contributed by atoms with Crippen LogP contribution in [0, 0.1) is 0 Å². The highest BCUT2D eigenvalue weighted by Crippen LogP contribution is 2.08. The largest absolute Gasteiger partial charge is 0.506 e. The van der Waals surface area contributed by atoms with Gasteiger partial charge in [0.05, 0.1) is 6.42 Å². The van der Waals surface area contributed by atoms with Crippen LogP contribution in [0.4, 0.5) is 4.79 Å². The van der Waals surface area contributed by atoms with Gasteiger partial charge in [-0.05, 0) is 0 Å². The van der Waals surface area contributed by atoms with E-state index in [0.29, 0.717) is 5.56 Å². The Morgan fingerprint density at radius 1 is 1.38 bits per heavy atom. The van der Waals surface area contributed by atoms with E-state index in [2.05, 4.69) is 11.3 Å². The van der Waals surface area contributed by atoms with Gasteiger partial charge >= 0.3 is 6.16 Å². The van der Waals surface area contributed by atoms with E-state index in [0.717, 1.165) is 0 Å². The number of ketones is 1. The number of hydrogen-bond acceptors (Lipinski definition) is 3. The predicted octanol–water partition coefficient (Wildman–Crippen LogP) is 2.51. The molecule has 0 fully saturated rings. The van der Waals surface area contributed by atoms with E-state index in [4.69, 9.17) is 5.11 Å². The molecule has 0 aromatic heterocycles. The minimum absolute atomic E-state index is 0.0280. The van der Waals surface area contributed by atoms with Crippen molar-refractivity contribution in [3.05, 3.63) is 48.6 Å². The first kappa shape index (κ1) is 12.0. The van der Waals surface area contributed by atoms with Gasteiger partial charge in [0.2, 0.25) is 0 Å². The van der Waals surface area contributed by atoms with Crippen LogP contribution in [-0.4, -0.2) is 23.1 Å². The highest BCUT2D eigenvalue weighted by molar-refractivity contribution is 5.96. The van der Waals surface area contributed by atoms with Crippen molar-refractivity contribution in [2.24, 2.45) is 0 Å². The summed E-state index contributed by atoms with van der Waals surface area (Å²) in [5.74, 6) is -0.174. The van der Waals surface area contributed by atoms with E-state index in [1.54, 1.807) is 30.3 Å². The summed E-state index contributed by atoms with van der Waals surface area (Å²) in [6.45, 7) is 3.42. The molecule has 0 spiro atoms. The lowest BCUT2D eigenvalue weighted by Gasteiger charge is -2.10. The van der Waals surface area contributed by atoms with Crippen LogP contribution in [0.1, 0.15) is 16.8 Å². The number of carbonyl (C=O) groups is 2. The fourth-order valence-corrected chi connectivity index (χ4v) is 1.23. The first-order chi connectivity index (χ1) is 7.63. The Kier molecular flexibility index (Phi) is 4.27. The number of Topliss-reactive ketones (excluding diaryl/α,β-unsaturated/α-hetero) is 1. The zero-order valence-electron chi connectivity index (χ0n) is 8.63. The summed E-state index contributed by atoms with van der Waals surface area (Å²) < 4.78 is 4.47. The summed E-state index contributed by atoms with van der Waals surface area (Å²) >= 11 is 0. The van der Waals surface area contributed by atoms with E-state index in [9.17, 15) is 9.59 Å². The van der Waals surface area contributed by atoms with Gasteiger partial charge in [-0.2, -0.15) is 0 Å². The minimum atomic E-state index is -1.41. The van der Waals surface area contributed by atoms with E-state index in [1.165, 1.54) is 6.08 Å². The lowest BCUT2D eigenvalue weighted by molar-refractivity contribution is 0.0621. The third-order valence-corrected chi connectivity index (χ3v) is 2.00. The second kappa shape index (κ2) is 5.70. The lowest BCUT2D eigenvalue weighted by Crippen LogP contribution is -2.18. The summed E-state index contributed by atoms with van der Waals surface area (Å²) in [7, 11) is 0. The molecule has 0 radical (unpaired) electrons. The molecule has 16 heavy (non-hydrogen) atoms. The zero-order chi connectivity index (χ0) is 12.0. The number of ether oxygens (including phenoxy) is 1. The quantitative estimate of drug-likeness (QED) is 0.470. The normalized spacial score (nSPS) is 11.5. The first-order valence-electron chi connectivity index (χ1n) is 4.74. The van der Waals surface area contributed by atoms with Crippen LogP contribution in [0.15, 0.2) is 43.0 Å². The number of carbonyl (C=O) groups excluding carboxylic acids is 1. The molecule has 0 aliphatic carbocycles. The summed E-state index contributed by atoms with van der Waals surface area (Å²) in [6.07, 6.45) is -0.939. The molecule has 84 valence electrons. The van der Waals surface area contributed by atoms with Crippen molar-refractivity contribution in [1.29, 1.82) is 0 Å². The van der Waals surface area contributed by atoms with Gasteiger partial charge in [-0.25, -0.2) is 4.79 Å². The molecule has 4 heteroatoms.